The van der Waals surface area contributed by atoms with E-state index in [1.165, 1.54) is 0 Å². The van der Waals surface area contributed by atoms with Crippen molar-refractivity contribution in [2.24, 2.45) is 5.73 Å². The van der Waals surface area contributed by atoms with Gasteiger partial charge in [0.2, 0.25) is 15.8 Å². The second-order valence-corrected chi connectivity index (χ2v) is 5.53. The zero-order chi connectivity index (χ0) is 14.5. The van der Waals surface area contributed by atoms with Gasteiger partial charge in [0.1, 0.15) is 0 Å². The lowest BCUT2D eigenvalue weighted by molar-refractivity contribution is -0.387. The minimum atomic E-state index is -3.86. The average Bonchev–Trinajstić information content (AvgIpc) is 2.34. The van der Waals surface area contributed by atoms with E-state index >= 15 is 0 Å². The second-order valence-electron chi connectivity index (χ2n) is 3.76. The largest absolute Gasteiger partial charge is 0.330 e. The van der Waals surface area contributed by atoms with Crippen LogP contribution in [-0.4, -0.2) is 26.4 Å². The Kier molecular flexibility index (Phi) is 5.33. The van der Waals surface area contributed by atoms with Crippen molar-refractivity contribution in [1.82, 2.24) is 4.72 Å². The summed E-state index contributed by atoms with van der Waals surface area (Å²) in [6.45, 7) is 0.631. The highest BCUT2D eigenvalue weighted by molar-refractivity contribution is 7.89. The summed E-state index contributed by atoms with van der Waals surface area (Å²) in [5.74, 6) is -1.19. The number of nitrogens with one attached hydrogen (secondary N) is 1. The maximum atomic E-state index is 13.3. The SMILES string of the molecule is NCCCCNS(=O)(=O)c1ccc([N+](=O)[O-])c(F)c1. The molecule has 19 heavy (non-hydrogen) atoms. The fraction of sp³-hybridized carbons (Fsp3) is 0.400. The molecule has 0 saturated carbocycles. The van der Waals surface area contributed by atoms with E-state index in [1.807, 2.05) is 0 Å². The Labute approximate surface area is 109 Å². The zero-order valence-electron chi connectivity index (χ0n) is 10.0. The van der Waals surface area contributed by atoms with Crippen LogP contribution in [0.2, 0.25) is 0 Å². The van der Waals surface area contributed by atoms with Gasteiger partial charge in [0.05, 0.1) is 9.82 Å². The monoisotopic (exact) mass is 291 g/mol. The zero-order valence-corrected chi connectivity index (χ0v) is 10.8. The molecule has 0 heterocycles. The Balaban J connectivity index is 2.84. The maximum Gasteiger partial charge on any atom is 0.304 e. The Morgan fingerprint density at radius 3 is 2.58 bits per heavy atom. The Bertz CT molecular complexity index is 562. The number of nitro benzene ring substituents is 1. The normalized spacial score (nSPS) is 11.5. The maximum absolute atomic E-state index is 13.3. The number of benzene rings is 1. The lowest BCUT2D eigenvalue weighted by atomic mass is 10.3. The first-order valence-corrected chi connectivity index (χ1v) is 7.00. The van der Waals surface area contributed by atoms with Crippen molar-refractivity contribution >= 4 is 15.7 Å². The molecule has 0 amide bonds. The summed E-state index contributed by atoms with van der Waals surface area (Å²) in [4.78, 5) is 9.15. The number of nitrogens with zero attached hydrogens (tertiary/aromatic N) is 1. The van der Waals surface area contributed by atoms with Crippen LogP contribution in [-0.2, 0) is 10.0 Å². The molecule has 7 nitrogen and oxygen atoms in total. The summed E-state index contributed by atoms with van der Waals surface area (Å²) in [5, 5.41) is 10.4. The predicted molar refractivity (Wildman–Crippen MR) is 66.5 cm³/mol. The van der Waals surface area contributed by atoms with Gasteiger partial charge >= 0.3 is 5.69 Å². The van der Waals surface area contributed by atoms with Crippen LogP contribution >= 0.6 is 0 Å². The number of sulfonamides is 1. The van der Waals surface area contributed by atoms with E-state index in [0.29, 0.717) is 25.5 Å². The highest BCUT2D eigenvalue weighted by Crippen LogP contribution is 2.20. The third kappa shape index (κ3) is 4.23. The summed E-state index contributed by atoms with van der Waals surface area (Å²) in [6, 6.07) is 2.44. The first kappa shape index (κ1) is 15.5. The van der Waals surface area contributed by atoms with Gasteiger partial charge in [-0.3, -0.25) is 10.1 Å². The van der Waals surface area contributed by atoms with Crippen molar-refractivity contribution in [3.8, 4) is 0 Å². The van der Waals surface area contributed by atoms with Crippen LogP contribution in [0.5, 0.6) is 0 Å². The van der Waals surface area contributed by atoms with E-state index in [9.17, 15) is 22.9 Å². The second kappa shape index (κ2) is 6.55. The third-order valence-corrected chi connectivity index (χ3v) is 3.81. The fourth-order valence-electron chi connectivity index (χ4n) is 1.36. The van der Waals surface area contributed by atoms with Crippen LogP contribution in [0.3, 0.4) is 0 Å². The van der Waals surface area contributed by atoms with E-state index in [-0.39, 0.29) is 11.4 Å². The van der Waals surface area contributed by atoms with E-state index in [0.717, 1.165) is 12.1 Å². The Morgan fingerprint density at radius 2 is 2.05 bits per heavy atom. The van der Waals surface area contributed by atoms with Gasteiger partial charge in [-0.2, -0.15) is 4.39 Å². The van der Waals surface area contributed by atoms with Crippen molar-refractivity contribution < 1.29 is 17.7 Å². The molecule has 0 aliphatic carbocycles. The molecule has 0 aromatic heterocycles. The number of rotatable bonds is 7. The van der Waals surface area contributed by atoms with Crippen LogP contribution in [0.1, 0.15) is 12.8 Å². The molecular formula is C10H14FN3O4S. The molecule has 0 aliphatic rings. The number of halogens is 1. The van der Waals surface area contributed by atoms with Crippen molar-refractivity contribution in [2.45, 2.75) is 17.7 Å². The van der Waals surface area contributed by atoms with Crippen molar-refractivity contribution in [3.63, 3.8) is 0 Å². The Morgan fingerprint density at radius 1 is 1.37 bits per heavy atom. The van der Waals surface area contributed by atoms with Gasteiger partial charge < -0.3 is 5.73 Å². The molecule has 0 spiro atoms. The molecular weight excluding hydrogens is 277 g/mol. The number of hydrogen-bond acceptors (Lipinski definition) is 5. The molecule has 0 aliphatic heterocycles. The summed E-state index contributed by atoms with van der Waals surface area (Å²) in [6.07, 6.45) is 1.22. The van der Waals surface area contributed by atoms with E-state index in [2.05, 4.69) is 4.72 Å². The molecule has 0 radical (unpaired) electrons. The van der Waals surface area contributed by atoms with Gasteiger partial charge in [-0.05, 0) is 25.5 Å². The molecule has 1 rings (SSSR count). The summed E-state index contributed by atoms with van der Waals surface area (Å²) < 4.78 is 39.1. The standard InChI is InChI=1S/C10H14FN3O4S/c11-9-7-8(3-4-10(9)14(15)16)19(17,18)13-6-2-1-5-12/h3-4,7,13H,1-2,5-6,12H2. The van der Waals surface area contributed by atoms with Crippen molar-refractivity contribution in [3.05, 3.63) is 34.1 Å². The van der Waals surface area contributed by atoms with Gasteiger partial charge in [-0.25, -0.2) is 13.1 Å². The van der Waals surface area contributed by atoms with Crippen LogP contribution in [0.25, 0.3) is 0 Å². The minimum Gasteiger partial charge on any atom is -0.330 e. The molecule has 0 atom stereocenters. The molecule has 0 saturated heterocycles. The van der Waals surface area contributed by atoms with Crippen molar-refractivity contribution in [1.29, 1.82) is 0 Å². The molecule has 0 unspecified atom stereocenters. The first-order valence-electron chi connectivity index (χ1n) is 5.52. The summed E-state index contributed by atoms with van der Waals surface area (Å²) >= 11 is 0. The number of unbranched alkanes of at least 4 members (excludes halogenated alkanes) is 1. The van der Waals surface area contributed by atoms with E-state index in [1.54, 1.807) is 0 Å². The van der Waals surface area contributed by atoms with Crippen LogP contribution in [0.15, 0.2) is 23.1 Å². The molecule has 106 valence electrons. The molecule has 1 aromatic carbocycles. The summed E-state index contributed by atoms with van der Waals surface area (Å²) in [7, 11) is -3.86. The third-order valence-electron chi connectivity index (χ3n) is 2.35. The van der Waals surface area contributed by atoms with Gasteiger partial charge in [0, 0.05) is 18.7 Å². The highest BCUT2D eigenvalue weighted by atomic mass is 32.2. The average molecular weight is 291 g/mol. The fourth-order valence-corrected chi connectivity index (χ4v) is 2.45. The predicted octanol–water partition coefficient (Wildman–Crippen LogP) is 0.751. The first-order chi connectivity index (χ1) is 8.88. The van der Waals surface area contributed by atoms with Crippen LogP contribution in [0, 0.1) is 15.9 Å². The van der Waals surface area contributed by atoms with Crippen LogP contribution < -0.4 is 10.5 Å². The molecule has 3 N–H and O–H groups in total. The molecule has 1 aromatic rings. The Hall–Kier alpha value is -1.58. The quantitative estimate of drug-likeness (QED) is 0.437. The minimum absolute atomic E-state index is 0.179. The lowest BCUT2D eigenvalue weighted by Crippen LogP contribution is -2.25. The van der Waals surface area contributed by atoms with Gasteiger partial charge in [0.25, 0.3) is 0 Å². The highest BCUT2D eigenvalue weighted by Gasteiger charge is 2.20. The van der Waals surface area contributed by atoms with Gasteiger partial charge in [0.15, 0.2) is 0 Å². The van der Waals surface area contributed by atoms with E-state index < -0.39 is 26.5 Å². The number of nitro groups is 1. The molecule has 0 bridgehead atoms. The van der Waals surface area contributed by atoms with Gasteiger partial charge in [-0.1, -0.05) is 0 Å². The summed E-state index contributed by atoms with van der Waals surface area (Å²) in [5.41, 5.74) is 4.50. The molecule has 9 heteroatoms. The number of hydrogen-bond donors (Lipinski definition) is 2. The van der Waals surface area contributed by atoms with Crippen molar-refractivity contribution in [2.75, 3.05) is 13.1 Å². The smallest absolute Gasteiger partial charge is 0.304 e. The lowest BCUT2D eigenvalue weighted by Gasteiger charge is -2.06. The van der Waals surface area contributed by atoms with Gasteiger partial charge in [-0.15, -0.1) is 0 Å². The molecule has 0 fully saturated rings. The van der Waals surface area contributed by atoms with Crippen LogP contribution in [0.4, 0.5) is 10.1 Å². The number of nitrogens with two attached hydrogens (primary N) is 1. The van der Waals surface area contributed by atoms with E-state index in [4.69, 9.17) is 5.73 Å². The topological polar surface area (TPSA) is 115 Å².